The van der Waals surface area contributed by atoms with Crippen LogP contribution in [0, 0.1) is 0 Å². The monoisotopic (exact) mass is 583 g/mol. The summed E-state index contributed by atoms with van der Waals surface area (Å²) in [5, 5.41) is 8.42. The number of nitrogens with one attached hydrogen (secondary N) is 1. The fourth-order valence-corrected chi connectivity index (χ4v) is 7.32. The van der Waals surface area contributed by atoms with Crippen LogP contribution in [-0.4, -0.2) is 11.7 Å². The Morgan fingerprint density at radius 3 is 1.98 bits per heavy atom. The van der Waals surface area contributed by atoms with E-state index in [1.54, 1.807) is 0 Å². The molecule has 0 saturated carbocycles. The van der Waals surface area contributed by atoms with Crippen molar-refractivity contribution in [1.29, 1.82) is 0 Å². The van der Waals surface area contributed by atoms with Gasteiger partial charge in [0.1, 0.15) is 23.2 Å². The van der Waals surface area contributed by atoms with E-state index in [0.717, 1.165) is 55.9 Å². The lowest BCUT2D eigenvalue weighted by atomic mass is 10.0. The van der Waals surface area contributed by atoms with Crippen LogP contribution in [0.15, 0.2) is 154 Å². The molecule has 0 fully saturated rings. The van der Waals surface area contributed by atoms with Crippen molar-refractivity contribution in [2.75, 3.05) is 0 Å². The molecule has 0 aliphatic carbocycles. The Bertz CT molecular complexity index is 2420. The van der Waals surface area contributed by atoms with Crippen LogP contribution < -0.4 is 5.32 Å². The lowest BCUT2D eigenvalue weighted by Gasteiger charge is -2.23. The van der Waals surface area contributed by atoms with E-state index in [1.165, 1.54) is 25.7 Å². The van der Waals surface area contributed by atoms with Gasteiger partial charge in [0, 0.05) is 42.1 Å². The van der Waals surface area contributed by atoms with Gasteiger partial charge in [0.2, 0.25) is 0 Å². The van der Waals surface area contributed by atoms with Gasteiger partial charge in [-0.3, -0.25) is 0 Å². The molecule has 8 aromatic rings. The first-order chi connectivity index (χ1) is 21.8. The van der Waals surface area contributed by atoms with E-state index in [-0.39, 0.29) is 6.17 Å². The average Bonchev–Trinajstić information content (AvgIpc) is 3.65. The SMILES string of the molecule is c1ccc(C2=NC(c3ccc4c(c3)sc3cc(-c5ccc6c(c5)oc5ccccc56)ccc34)NC(c3ccccc3)=N2)cc1. The predicted octanol–water partition coefficient (Wildman–Crippen LogP) is 10.1. The third-order valence-electron chi connectivity index (χ3n) is 8.35. The molecule has 0 saturated heterocycles. The Hall–Kier alpha value is -5.52. The molecule has 1 atom stereocenters. The number of furan rings is 1. The van der Waals surface area contributed by atoms with Gasteiger partial charge in [-0.15, -0.1) is 11.3 Å². The Morgan fingerprint density at radius 1 is 0.523 bits per heavy atom. The summed E-state index contributed by atoms with van der Waals surface area (Å²) in [6, 6.07) is 48.6. The molecule has 2 aromatic heterocycles. The molecule has 1 aliphatic rings. The van der Waals surface area contributed by atoms with Crippen molar-refractivity contribution < 1.29 is 4.42 Å². The topological polar surface area (TPSA) is 49.9 Å². The standard InChI is InChI=1S/C39H25N3OS/c1-3-9-24(10-4-1)37-40-38(25-11-5-2-6-12-25)42-39(41-37)28-17-20-32-31-19-16-27(22-35(31)44-36(32)23-28)26-15-18-30-29-13-7-8-14-33(29)43-34(30)21-26/h1-23,39H,(H,40,41,42). The summed E-state index contributed by atoms with van der Waals surface area (Å²) in [7, 11) is 0. The van der Waals surface area contributed by atoms with Crippen molar-refractivity contribution in [2.45, 2.75) is 6.17 Å². The third kappa shape index (κ3) is 4.21. The van der Waals surface area contributed by atoms with E-state index in [2.05, 4.69) is 96.3 Å². The van der Waals surface area contributed by atoms with Crippen molar-refractivity contribution >= 4 is 65.1 Å². The van der Waals surface area contributed by atoms with E-state index < -0.39 is 0 Å². The molecule has 0 bridgehead atoms. The average molecular weight is 584 g/mol. The first-order valence-electron chi connectivity index (χ1n) is 14.7. The number of fused-ring (bicyclic) bond motifs is 6. The fourth-order valence-electron chi connectivity index (χ4n) is 6.13. The number of aliphatic imine (C=N–C) groups is 2. The van der Waals surface area contributed by atoms with E-state index in [4.69, 9.17) is 14.4 Å². The fraction of sp³-hybridized carbons (Fsp3) is 0.0256. The molecule has 1 N–H and O–H groups in total. The molecule has 1 aliphatic heterocycles. The second-order valence-electron chi connectivity index (χ2n) is 11.1. The molecule has 9 rings (SSSR count). The van der Waals surface area contributed by atoms with Crippen molar-refractivity contribution in [1.82, 2.24) is 5.32 Å². The zero-order chi connectivity index (χ0) is 29.0. The summed E-state index contributed by atoms with van der Waals surface area (Å²) in [6.07, 6.45) is -0.251. The van der Waals surface area contributed by atoms with Gasteiger partial charge in [-0.2, -0.15) is 0 Å². The highest BCUT2D eigenvalue weighted by Gasteiger charge is 2.22. The second-order valence-corrected chi connectivity index (χ2v) is 12.2. The van der Waals surface area contributed by atoms with Gasteiger partial charge in [0.25, 0.3) is 0 Å². The lowest BCUT2D eigenvalue weighted by Crippen LogP contribution is -2.33. The lowest BCUT2D eigenvalue weighted by molar-refractivity contribution is 0.669. The van der Waals surface area contributed by atoms with E-state index in [0.29, 0.717) is 0 Å². The number of benzene rings is 6. The summed E-state index contributed by atoms with van der Waals surface area (Å²) in [5.41, 5.74) is 7.32. The Balaban J connectivity index is 1.10. The van der Waals surface area contributed by atoms with Crippen molar-refractivity contribution in [3.05, 3.63) is 156 Å². The smallest absolute Gasteiger partial charge is 0.159 e. The van der Waals surface area contributed by atoms with Gasteiger partial charge in [-0.1, -0.05) is 109 Å². The van der Waals surface area contributed by atoms with Crippen molar-refractivity contribution in [3.63, 3.8) is 0 Å². The summed E-state index contributed by atoms with van der Waals surface area (Å²) in [4.78, 5) is 9.98. The summed E-state index contributed by atoms with van der Waals surface area (Å²) in [5.74, 6) is 1.56. The van der Waals surface area contributed by atoms with Crippen LogP contribution in [0.5, 0.6) is 0 Å². The van der Waals surface area contributed by atoms with Crippen LogP contribution in [0.4, 0.5) is 0 Å². The Morgan fingerprint density at radius 2 is 1.16 bits per heavy atom. The highest BCUT2D eigenvalue weighted by Crippen LogP contribution is 2.39. The van der Waals surface area contributed by atoms with Gasteiger partial charge in [-0.25, -0.2) is 9.98 Å². The summed E-state index contributed by atoms with van der Waals surface area (Å²) in [6.45, 7) is 0. The Labute approximate surface area is 257 Å². The number of amidine groups is 2. The largest absolute Gasteiger partial charge is 0.456 e. The number of rotatable bonds is 4. The molecule has 1 unspecified atom stereocenters. The normalized spacial score (nSPS) is 15.0. The quantitative estimate of drug-likeness (QED) is 0.224. The molecule has 3 heterocycles. The van der Waals surface area contributed by atoms with Gasteiger partial charge in [-0.05, 0) is 47.0 Å². The zero-order valence-electron chi connectivity index (χ0n) is 23.6. The number of thiophene rings is 1. The number of hydrogen-bond acceptors (Lipinski definition) is 5. The number of hydrogen-bond donors (Lipinski definition) is 1. The minimum atomic E-state index is -0.251. The van der Waals surface area contributed by atoms with Crippen LogP contribution in [0.1, 0.15) is 22.9 Å². The molecule has 6 aromatic carbocycles. The molecule has 0 amide bonds. The van der Waals surface area contributed by atoms with Crippen LogP contribution in [0.3, 0.4) is 0 Å². The molecule has 0 spiro atoms. The predicted molar refractivity (Wildman–Crippen MR) is 184 cm³/mol. The first-order valence-corrected chi connectivity index (χ1v) is 15.5. The van der Waals surface area contributed by atoms with Gasteiger partial charge in [0.15, 0.2) is 5.84 Å². The molecule has 208 valence electrons. The maximum Gasteiger partial charge on any atom is 0.159 e. The summed E-state index contributed by atoms with van der Waals surface area (Å²) >= 11 is 1.82. The molecule has 0 radical (unpaired) electrons. The molecular formula is C39H25N3OS. The highest BCUT2D eigenvalue weighted by molar-refractivity contribution is 7.25. The minimum absolute atomic E-state index is 0.251. The third-order valence-corrected chi connectivity index (χ3v) is 9.46. The van der Waals surface area contributed by atoms with Crippen LogP contribution in [0.25, 0.3) is 53.2 Å². The maximum absolute atomic E-state index is 6.17. The molecular weight excluding hydrogens is 559 g/mol. The van der Waals surface area contributed by atoms with E-state index in [9.17, 15) is 0 Å². The highest BCUT2D eigenvalue weighted by atomic mass is 32.1. The minimum Gasteiger partial charge on any atom is -0.456 e. The Kier molecular flexibility index (Phi) is 5.71. The molecule has 44 heavy (non-hydrogen) atoms. The van der Waals surface area contributed by atoms with Crippen molar-refractivity contribution in [3.8, 4) is 11.1 Å². The zero-order valence-corrected chi connectivity index (χ0v) is 24.4. The van der Waals surface area contributed by atoms with Gasteiger partial charge in [0.05, 0.1) is 0 Å². The van der Waals surface area contributed by atoms with Gasteiger partial charge < -0.3 is 9.73 Å². The second kappa shape index (κ2) is 10.0. The maximum atomic E-state index is 6.17. The van der Waals surface area contributed by atoms with Crippen LogP contribution >= 0.6 is 11.3 Å². The van der Waals surface area contributed by atoms with Crippen molar-refractivity contribution in [2.24, 2.45) is 9.98 Å². The molecule has 5 heteroatoms. The van der Waals surface area contributed by atoms with E-state index in [1.807, 2.05) is 59.9 Å². The molecule has 4 nitrogen and oxygen atoms in total. The van der Waals surface area contributed by atoms with Crippen LogP contribution in [-0.2, 0) is 0 Å². The summed E-state index contributed by atoms with van der Waals surface area (Å²) < 4.78 is 8.67. The number of nitrogens with zero attached hydrogens (tertiary/aromatic N) is 2. The van der Waals surface area contributed by atoms with Crippen LogP contribution in [0.2, 0.25) is 0 Å². The van der Waals surface area contributed by atoms with Gasteiger partial charge >= 0.3 is 0 Å². The van der Waals surface area contributed by atoms with E-state index >= 15 is 0 Å². The number of para-hydroxylation sites is 1. The first kappa shape index (κ1) is 25.0.